The van der Waals surface area contributed by atoms with E-state index in [2.05, 4.69) is 6.92 Å². The Morgan fingerprint density at radius 2 is 1.14 bits per heavy atom. The molecular weight excluding hydrogens is 372 g/mol. The van der Waals surface area contributed by atoms with Crippen molar-refractivity contribution in [1.82, 2.24) is 0 Å². The number of hydrogen-bond acceptors (Lipinski definition) is 3. The Labute approximate surface area is 172 Å². The lowest BCUT2D eigenvalue weighted by atomic mass is 10.0. The molecule has 0 spiro atoms. The van der Waals surface area contributed by atoms with Gasteiger partial charge in [-0.25, -0.2) is 0 Å². The lowest BCUT2D eigenvalue weighted by Gasteiger charge is -2.08. The minimum atomic E-state index is -4.23. The highest BCUT2D eigenvalue weighted by molar-refractivity contribution is 7.85. The summed E-state index contributed by atoms with van der Waals surface area (Å²) in [6.07, 6.45) is 19.8. The zero-order valence-electron chi connectivity index (χ0n) is 17.7. The summed E-state index contributed by atoms with van der Waals surface area (Å²) in [5, 5.41) is 9.55. The molecule has 28 heavy (non-hydrogen) atoms. The van der Waals surface area contributed by atoms with E-state index in [1.807, 2.05) is 0 Å². The molecule has 4 nitrogen and oxygen atoms in total. The number of phenolic OH excluding ortho intramolecular Hbond substituents is 1. The van der Waals surface area contributed by atoms with Crippen molar-refractivity contribution in [1.29, 1.82) is 0 Å². The molecule has 5 heteroatoms. The van der Waals surface area contributed by atoms with Crippen LogP contribution in [0.4, 0.5) is 0 Å². The highest BCUT2D eigenvalue weighted by Gasteiger charge is 2.15. The molecule has 0 saturated carbocycles. The van der Waals surface area contributed by atoms with Gasteiger partial charge < -0.3 is 5.11 Å². The lowest BCUT2D eigenvalue weighted by Crippen LogP contribution is -2.03. The van der Waals surface area contributed by atoms with Crippen LogP contribution in [0.3, 0.4) is 0 Å². The maximum absolute atomic E-state index is 11.4. The monoisotopic (exact) mass is 412 g/mol. The summed E-state index contributed by atoms with van der Waals surface area (Å²) in [6.45, 7) is 2.26. The van der Waals surface area contributed by atoms with Crippen LogP contribution in [0, 0.1) is 0 Å². The van der Waals surface area contributed by atoms with Crippen molar-refractivity contribution in [2.45, 2.75) is 115 Å². The first-order valence-corrected chi connectivity index (χ1v) is 12.7. The van der Waals surface area contributed by atoms with Gasteiger partial charge in [-0.2, -0.15) is 8.42 Å². The van der Waals surface area contributed by atoms with Gasteiger partial charge in [0, 0.05) is 0 Å². The average molecular weight is 413 g/mol. The van der Waals surface area contributed by atoms with E-state index >= 15 is 0 Å². The Hall–Kier alpha value is -1.07. The molecular formula is C23H40O4S. The number of unbranched alkanes of at least 4 members (excludes halogenated alkanes) is 14. The summed E-state index contributed by atoms with van der Waals surface area (Å²) in [6, 6.07) is 4.00. The molecule has 1 rings (SSSR count). The van der Waals surface area contributed by atoms with Crippen molar-refractivity contribution in [2.75, 3.05) is 0 Å². The third-order valence-corrected chi connectivity index (χ3v) is 6.33. The molecule has 1 aromatic carbocycles. The molecule has 0 aromatic heterocycles. The van der Waals surface area contributed by atoms with Gasteiger partial charge in [0.05, 0.1) is 4.90 Å². The van der Waals surface area contributed by atoms with Crippen LogP contribution in [-0.2, 0) is 16.5 Å². The summed E-state index contributed by atoms with van der Waals surface area (Å²) in [4.78, 5) is -0.0873. The molecule has 0 aliphatic heterocycles. The van der Waals surface area contributed by atoms with Crippen LogP contribution in [0.2, 0.25) is 0 Å². The predicted molar refractivity (Wildman–Crippen MR) is 117 cm³/mol. The highest BCUT2D eigenvalue weighted by atomic mass is 32.2. The summed E-state index contributed by atoms with van der Waals surface area (Å²) in [5.74, 6) is 0.0309. The Bertz CT molecular complexity index is 625. The standard InChI is InChI=1S/C23H40O4S/c1-2-3-4-5-6-7-8-9-10-11-12-13-14-15-16-17-21-20-22(24)18-19-23(21)28(25,26)27/h18-20,24H,2-17H2,1H3,(H,25,26,27). The zero-order valence-corrected chi connectivity index (χ0v) is 18.5. The normalized spacial score (nSPS) is 11.8. The Morgan fingerprint density at radius 3 is 1.57 bits per heavy atom. The van der Waals surface area contributed by atoms with Crippen LogP contribution >= 0.6 is 0 Å². The first-order valence-electron chi connectivity index (χ1n) is 11.2. The number of benzene rings is 1. The number of aromatic hydroxyl groups is 1. The van der Waals surface area contributed by atoms with Crippen molar-refractivity contribution in [3.8, 4) is 5.75 Å². The molecule has 0 heterocycles. The number of rotatable bonds is 17. The highest BCUT2D eigenvalue weighted by Crippen LogP contribution is 2.23. The molecule has 0 aliphatic carbocycles. The second kappa shape index (κ2) is 14.9. The van der Waals surface area contributed by atoms with Crippen LogP contribution in [-0.4, -0.2) is 18.1 Å². The molecule has 0 fully saturated rings. The molecule has 0 radical (unpaired) electrons. The van der Waals surface area contributed by atoms with Crippen molar-refractivity contribution in [3.05, 3.63) is 23.8 Å². The fourth-order valence-corrected chi connectivity index (χ4v) is 4.43. The summed E-state index contributed by atoms with van der Waals surface area (Å²) < 4.78 is 32.1. The molecule has 0 atom stereocenters. The zero-order chi connectivity index (χ0) is 20.7. The third-order valence-electron chi connectivity index (χ3n) is 5.37. The molecule has 162 valence electrons. The first-order chi connectivity index (χ1) is 13.4. The molecule has 2 N–H and O–H groups in total. The van der Waals surface area contributed by atoms with Crippen LogP contribution in [0.5, 0.6) is 5.75 Å². The molecule has 0 unspecified atom stereocenters. The minimum absolute atomic E-state index is 0.0309. The first kappa shape index (κ1) is 25.0. The van der Waals surface area contributed by atoms with Gasteiger partial charge in [-0.1, -0.05) is 96.8 Å². The SMILES string of the molecule is CCCCCCCCCCCCCCCCCc1cc(O)ccc1S(=O)(=O)O. The molecule has 0 bridgehead atoms. The van der Waals surface area contributed by atoms with E-state index in [1.54, 1.807) is 0 Å². The van der Waals surface area contributed by atoms with Gasteiger partial charge in [0.1, 0.15) is 5.75 Å². The van der Waals surface area contributed by atoms with Gasteiger partial charge in [-0.05, 0) is 36.6 Å². The van der Waals surface area contributed by atoms with Gasteiger partial charge in [-0.15, -0.1) is 0 Å². The maximum atomic E-state index is 11.4. The van der Waals surface area contributed by atoms with Gasteiger partial charge in [-0.3, -0.25) is 4.55 Å². The summed E-state index contributed by atoms with van der Waals surface area (Å²) in [5.41, 5.74) is 0.497. The van der Waals surface area contributed by atoms with Crippen molar-refractivity contribution < 1.29 is 18.1 Å². The van der Waals surface area contributed by atoms with E-state index in [9.17, 15) is 18.1 Å². The number of phenols is 1. The fourth-order valence-electron chi connectivity index (χ4n) is 3.70. The Balaban J connectivity index is 2.01. The topological polar surface area (TPSA) is 74.6 Å². The van der Waals surface area contributed by atoms with Crippen LogP contribution in [0.25, 0.3) is 0 Å². The minimum Gasteiger partial charge on any atom is -0.508 e. The van der Waals surface area contributed by atoms with Crippen molar-refractivity contribution in [2.24, 2.45) is 0 Å². The van der Waals surface area contributed by atoms with Crippen LogP contribution in [0.1, 0.15) is 109 Å². The molecule has 0 amide bonds. The third kappa shape index (κ3) is 11.7. The van der Waals surface area contributed by atoms with Crippen molar-refractivity contribution >= 4 is 10.1 Å². The van der Waals surface area contributed by atoms with Crippen LogP contribution in [0.15, 0.2) is 23.1 Å². The van der Waals surface area contributed by atoms with Gasteiger partial charge >= 0.3 is 0 Å². The quantitative estimate of drug-likeness (QED) is 0.212. The van der Waals surface area contributed by atoms with E-state index in [0.29, 0.717) is 12.0 Å². The van der Waals surface area contributed by atoms with Gasteiger partial charge in [0.25, 0.3) is 10.1 Å². The summed E-state index contributed by atoms with van der Waals surface area (Å²) >= 11 is 0. The largest absolute Gasteiger partial charge is 0.508 e. The number of aryl methyl sites for hydroxylation is 1. The fraction of sp³-hybridized carbons (Fsp3) is 0.739. The van der Waals surface area contributed by atoms with Gasteiger partial charge in [0.2, 0.25) is 0 Å². The second-order valence-electron chi connectivity index (χ2n) is 7.97. The van der Waals surface area contributed by atoms with E-state index in [1.165, 1.54) is 95.2 Å². The average Bonchev–Trinajstić information content (AvgIpc) is 2.64. The summed E-state index contributed by atoms with van der Waals surface area (Å²) in [7, 11) is -4.23. The molecule has 1 aromatic rings. The van der Waals surface area contributed by atoms with E-state index in [0.717, 1.165) is 19.3 Å². The predicted octanol–water partition coefficient (Wildman–Crippen LogP) is 7.05. The second-order valence-corrected chi connectivity index (χ2v) is 9.36. The van der Waals surface area contributed by atoms with Gasteiger partial charge in [0.15, 0.2) is 0 Å². The Kier molecular flexibility index (Phi) is 13.3. The van der Waals surface area contributed by atoms with Crippen LogP contribution < -0.4 is 0 Å². The van der Waals surface area contributed by atoms with E-state index in [-0.39, 0.29) is 10.6 Å². The Morgan fingerprint density at radius 1 is 0.714 bits per heavy atom. The van der Waals surface area contributed by atoms with E-state index in [4.69, 9.17) is 0 Å². The maximum Gasteiger partial charge on any atom is 0.294 e. The molecule has 0 aliphatic rings. The lowest BCUT2D eigenvalue weighted by molar-refractivity contribution is 0.470. The van der Waals surface area contributed by atoms with E-state index < -0.39 is 10.1 Å². The van der Waals surface area contributed by atoms with Crippen molar-refractivity contribution in [3.63, 3.8) is 0 Å². The smallest absolute Gasteiger partial charge is 0.294 e. The number of hydrogen-bond donors (Lipinski definition) is 2. The molecule has 0 saturated heterocycles.